The van der Waals surface area contributed by atoms with Crippen LogP contribution in [0.5, 0.6) is 0 Å². The minimum absolute atomic E-state index is 0.0997. The molecule has 1 N–H and O–H groups in total. The monoisotopic (exact) mass is 356 g/mol. The number of carbonyl (C=O) groups excluding carboxylic acids is 1. The molecule has 0 radical (unpaired) electrons. The maximum Gasteiger partial charge on any atom is 0.274 e. The van der Waals surface area contributed by atoms with E-state index in [-0.39, 0.29) is 17.5 Å². The Morgan fingerprint density at radius 1 is 1.23 bits per heavy atom. The third kappa shape index (κ3) is 3.80. The highest BCUT2D eigenvalue weighted by Crippen LogP contribution is 2.18. The predicted molar refractivity (Wildman–Crippen MR) is 104 cm³/mol. The van der Waals surface area contributed by atoms with Crippen molar-refractivity contribution in [3.63, 3.8) is 0 Å². The number of unbranched alkanes of at least 4 members (excludes halogenated alkanes) is 2. The summed E-state index contributed by atoms with van der Waals surface area (Å²) in [5, 5.41) is 9.03. The SMILES string of the molecule is CCCCCn1nc(C(=O)N(C)C2CCNCC2)c2ccccc2c1=O. The molecule has 1 saturated heterocycles. The summed E-state index contributed by atoms with van der Waals surface area (Å²) in [6, 6.07) is 7.52. The molecule has 0 atom stereocenters. The third-order valence-electron chi connectivity index (χ3n) is 5.22. The highest BCUT2D eigenvalue weighted by molar-refractivity contribution is 6.04. The average molecular weight is 356 g/mol. The van der Waals surface area contributed by atoms with Gasteiger partial charge in [0.1, 0.15) is 0 Å². The van der Waals surface area contributed by atoms with Crippen LogP contribution in [0.25, 0.3) is 10.8 Å². The van der Waals surface area contributed by atoms with Crippen molar-refractivity contribution in [2.75, 3.05) is 20.1 Å². The summed E-state index contributed by atoms with van der Waals surface area (Å²) in [7, 11) is 1.85. The molecule has 2 aromatic rings. The van der Waals surface area contributed by atoms with Gasteiger partial charge in [-0.15, -0.1) is 0 Å². The molecular formula is C20H28N4O2. The molecule has 1 aliphatic heterocycles. The van der Waals surface area contributed by atoms with E-state index in [0.29, 0.717) is 23.0 Å². The molecule has 1 amide bonds. The van der Waals surface area contributed by atoms with Crippen molar-refractivity contribution in [2.24, 2.45) is 0 Å². The molecule has 2 heterocycles. The van der Waals surface area contributed by atoms with Gasteiger partial charge in [0.05, 0.1) is 5.39 Å². The van der Waals surface area contributed by atoms with Gasteiger partial charge in [-0.25, -0.2) is 4.68 Å². The molecule has 6 nitrogen and oxygen atoms in total. The van der Waals surface area contributed by atoms with Crippen molar-refractivity contribution in [3.05, 3.63) is 40.3 Å². The summed E-state index contributed by atoms with van der Waals surface area (Å²) in [5.74, 6) is -0.0997. The van der Waals surface area contributed by atoms with Crippen molar-refractivity contribution in [1.82, 2.24) is 20.0 Å². The number of nitrogens with zero attached hydrogens (tertiary/aromatic N) is 3. The van der Waals surface area contributed by atoms with Crippen LogP contribution in [-0.2, 0) is 6.54 Å². The zero-order chi connectivity index (χ0) is 18.5. The van der Waals surface area contributed by atoms with E-state index in [9.17, 15) is 9.59 Å². The van der Waals surface area contributed by atoms with Crippen molar-refractivity contribution in [2.45, 2.75) is 51.6 Å². The summed E-state index contributed by atoms with van der Waals surface area (Å²) < 4.78 is 1.47. The number of rotatable bonds is 6. The van der Waals surface area contributed by atoms with Gasteiger partial charge in [0.2, 0.25) is 0 Å². The molecule has 0 spiro atoms. The van der Waals surface area contributed by atoms with Crippen LogP contribution in [-0.4, -0.2) is 46.8 Å². The van der Waals surface area contributed by atoms with Crippen LogP contribution < -0.4 is 10.9 Å². The average Bonchev–Trinajstić information content (AvgIpc) is 2.69. The van der Waals surface area contributed by atoms with Crippen LogP contribution in [0.2, 0.25) is 0 Å². The molecule has 0 unspecified atom stereocenters. The van der Waals surface area contributed by atoms with Crippen LogP contribution in [0.1, 0.15) is 49.5 Å². The van der Waals surface area contributed by atoms with Gasteiger partial charge in [0.15, 0.2) is 5.69 Å². The first-order chi connectivity index (χ1) is 12.6. The number of hydrogen-bond donors (Lipinski definition) is 1. The summed E-state index contributed by atoms with van der Waals surface area (Å²) in [6.45, 7) is 4.52. The van der Waals surface area contributed by atoms with Gasteiger partial charge in [-0.05, 0) is 38.4 Å². The van der Waals surface area contributed by atoms with Crippen molar-refractivity contribution < 1.29 is 4.79 Å². The first kappa shape index (κ1) is 18.6. The van der Waals surface area contributed by atoms with E-state index in [0.717, 1.165) is 45.2 Å². The first-order valence-electron chi connectivity index (χ1n) is 9.61. The molecule has 0 aliphatic carbocycles. The van der Waals surface area contributed by atoms with Crippen molar-refractivity contribution in [3.8, 4) is 0 Å². The Balaban J connectivity index is 1.98. The smallest absolute Gasteiger partial charge is 0.274 e. The maximum atomic E-state index is 13.2. The van der Waals surface area contributed by atoms with E-state index in [1.54, 1.807) is 11.0 Å². The minimum Gasteiger partial charge on any atom is -0.337 e. The number of hydrogen-bond acceptors (Lipinski definition) is 4. The van der Waals surface area contributed by atoms with E-state index in [1.165, 1.54) is 4.68 Å². The molecule has 140 valence electrons. The largest absolute Gasteiger partial charge is 0.337 e. The van der Waals surface area contributed by atoms with Crippen molar-refractivity contribution in [1.29, 1.82) is 0 Å². The van der Waals surface area contributed by atoms with Gasteiger partial charge >= 0.3 is 0 Å². The van der Waals surface area contributed by atoms with Crippen LogP contribution in [0.15, 0.2) is 29.1 Å². The molecule has 1 aromatic carbocycles. The number of benzene rings is 1. The van der Waals surface area contributed by atoms with Crippen LogP contribution in [0, 0.1) is 0 Å². The molecular weight excluding hydrogens is 328 g/mol. The van der Waals surface area contributed by atoms with Gasteiger partial charge in [-0.3, -0.25) is 9.59 Å². The fourth-order valence-electron chi connectivity index (χ4n) is 3.58. The quantitative estimate of drug-likeness (QED) is 0.807. The maximum absolute atomic E-state index is 13.2. The Bertz CT molecular complexity index is 824. The summed E-state index contributed by atoms with van der Waals surface area (Å²) in [4.78, 5) is 27.7. The second-order valence-electron chi connectivity index (χ2n) is 7.03. The van der Waals surface area contributed by atoms with Crippen molar-refractivity contribution >= 4 is 16.7 Å². The number of aromatic nitrogens is 2. The summed E-state index contributed by atoms with van der Waals surface area (Å²) >= 11 is 0. The molecule has 1 aromatic heterocycles. The van der Waals surface area contributed by atoms with E-state index in [2.05, 4.69) is 17.3 Å². The molecule has 0 saturated carbocycles. The molecule has 0 bridgehead atoms. The number of piperidine rings is 1. The lowest BCUT2D eigenvalue weighted by atomic mass is 10.0. The fraction of sp³-hybridized carbons (Fsp3) is 0.550. The van der Waals surface area contributed by atoms with E-state index >= 15 is 0 Å². The Labute approximate surface area is 154 Å². The Morgan fingerprint density at radius 3 is 2.62 bits per heavy atom. The number of carbonyl (C=O) groups is 1. The second-order valence-corrected chi connectivity index (χ2v) is 7.03. The summed E-state index contributed by atoms with van der Waals surface area (Å²) in [6.07, 6.45) is 4.89. The lowest BCUT2D eigenvalue weighted by Crippen LogP contribution is -2.44. The number of fused-ring (bicyclic) bond motifs is 1. The molecule has 1 fully saturated rings. The Morgan fingerprint density at radius 2 is 1.92 bits per heavy atom. The van der Waals surface area contributed by atoms with Crippen LogP contribution >= 0.6 is 0 Å². The highest BCUT2D eigenvalue weighted by atomic mass is 16.2. The zero-order valence-corrected chi connectivity index (χ0v) is 15.7. The number of amides is 1. The normalized spacial score (nSPS) is 15.3. The lowest BCUT2D eigenvalue weighted by molar-refractivity contribution is 0.0696. The zero-order valence-electron chi connectivity index (χ0n) is 15.7. The molecule has 26 heavy (non-hydrogen) atoms. The number of nitrogens with one attached hydrogen (secondary N) is 1. The molecule has 3 rings (SSSR count). The molecule has 6 heteroatoms. The van der Waals surface area contributed by atoms with Gasteiger partial charge < -0.3 is 10.2 Å². The second kappa shape index (κ2) is 8.45. The number of aryl methyl sites for hydroxylation is 1. The van der Waals surface area contributed by atoms with E-state index in [1.807, 2.05) is 25.2 Å². The topological polar surface area (TPSA) is 67.2 Å². The molecule has 1 aliphatic rings. The van der Waals surface area contributed by atoms with Gasteiger partial charge in [0.25, 0.3) is 11.5 Å². The van der Waals surface area contributed by atoms with Crippen LogP contribution in [0.3, 0.4) is 0 Å². The standard InChI is InChI=1S/C20H28N4O2/c1-3-4-7-14-24-19(25)17-9-6-5-8-16(17)18(22-24)20(26)23(2)15-10-12-21-13-11-15/h5-6,8-9,15,21H,3-4,7,10-14H2,1-2H3. The van der Waals surface area contributed by atoms with Gasteiger partial charge in [-0.1, -0.05) is 38.0 Å². The Kier molecular flexibility index (Phi) is 6.04. The Hall–Kier alpha value is -2.21. The highest BCUT2D eigenvalue weighted by Gasteiger charge is 2.26. The predicted octanol–water partition coefficient (Wildman–Crippen LogP) is 2.41. The lowest BCUT2D eigenvalue weighted by Gasteiger charge is -2.31. The van der Waals surface area contributed by atoms with Gasteiger partial charge in [0, 0.05) is 25.0 Å². The van der Waals surface area contributed by atoms with E-state index < -0.39 is 0 Å². The minimum atomic E-state index is -0.113. The van der Waals surface area contributed by atoms with Gasteiger partial charge in [-0.2, -0.15) is 5.10 Å². The fourth-order valence-corrected chi connectivity index (χ4v) is 3.58. The third-order valence-corrected chi connectivity index (χ3v) is 5.22. The first-order valence-corrected chi connectivity index (χ1v) is 9.61. The van der Waals surface area contributed by atoms with Crippen LogP contribution in [0.4, 0.5) is 0 Å². The van der Waals surface area contributed by atoms with E-state index in [4.69, 9.17) is 0 Å². The summed E-state index contributed by atoms with van der Waals surface area (Å²) in [5.41, 5.74) is 0.274.